The van der Waals surface area contributed by atoms with Crippen molar-refractivity contribution >= 4 is 91.9 Å². The van der Waals surface area contributed by atoms with Gasteiger partial charge in [0.15, 0.2) is 0 Å². The van der Waals surface area contributed by atoms with E-state index in [4.69, 9.17) is 0 Å². The smallest absolute Gasteiger partial charge is 0.0561 e. The molecule has 10 aromatic rings. The Morgan fingerprint density at radius 1 is 0.404 bits per heavy atom. The van der Waals surface area contributed by atoms with Crippen molar-refractivity contribution in [1.29, 1.82) is 0 Å². The number of para-hydroxylation sites is 2. The molecule has 0 fully saturated rings. The van der Waals surface area contributed by atoms with Crippen molar-refractivity contribution in [3.05, 3.63) is 170 Å². The molecule has 0 aliphatic heterocycles. The molecule has 8 aromatic carbocycles. The standard InChI is InChI=1S/C44H28N2S/c1-2-15-33(16-3-1)46-39-18-9-8-17-36(39)37-24-23-35(28-41(37)46)45(34-22-21-29-11-4-5-12-30(29)25-34)40-19-10-20-42-44(40)38-26-31-13-6-7-14-32(31)27-43(38)47-42/h1-28H. The van der Waals surface area contributed by atoms with E-state index >= 15 is 0 Å². The Hall–Kier alpha value is -5.90. The van der Waals surface area contributed by atoms with Crippen molar-refractivity contribution in [3.63, 3.8) is 0 Å². The van der Waals surface area contributed by atoms with Crippen molar-refractivity contribution in [2.45, 2.75) is 0 Å². The van der Waals surface area contributed by atoms with Crippen molar-refractivity contribution in [1.82, 2.24) is 4.57 Å². The first kappa shape index (κ1) is 26.3. The lowest BCUT2D eigenvalue weighted by atomic mass is 10.0. The Kier molecular flexibility index (Phi) is 5.78. The number of thiophene rings is 1. The lowest BCUT2D eigenvalue weighted by Gasteiger charge is -2.27. The first-order valence-electron chi connectivity index (χ1n) is 16.0. The third-order valence-corrected chi connectivity index (χ3v) is 10.6. The van der Waals surface area contributed by atoms with Gasteiger partial charge in [-0.15, -0.1) is 11.3 Å². The molecule has 0 bridgehead atoms. The number of aromatic nitrogens is 1. The molecular weight excluding hydrogens is 589 g/mol. The van der Waals surface area contributed by atoms with Gasteiger partial charge in [-0.3, -0.25) is 0 Å². The quantitative estimate of drug-likeness (QED) is 0.191. The van der Waals surface area contributed by atoms with Gasteiger partial charge in [0, 0.05) is 48.0 Å². The summed E-state index contributed by atoms with van der Waals surface area (Å²) in [4.78, 5) is 2.46. The zero-order valence-corrected chi connectivity index (χ0v) is 26.3. The summed E-state index contributed by atoms with van der Waals surface area (Å²) in [5.41, 5.74) is 7.00. The molecule has 0 aliphatic carbocycles. The molecule has 0 N–H and O–H groups in total. The molecule has 0 spiro atoms. The fraction of sp³-hybridized carbons (Fsp3) is 0. The molecule has 220 valence electrons. The van der Waals surface area contributed by atoms with E-state index in [0.29, 0.717) is 0 Å². The highest BCUT2D eigenvalue weighted by Crippen LogP contribution is 2.47. The van der Waals surface area contributed by atoms with Gasteiger partial charge < -0.3 is 9.47 Å². The van der Waals surface area contributed by atoms with Crippen LogP contribution in [0.15, 0.2) is 170 Å². The second-order valence-electron chi connectivity index (χ2n) is 12.2. The second kappa shape index (κ2) is 10.3. The fourth-order valence-corrected chi connectivity index (χ4v) is 8.53. The van der Waals surface area contributed by atoms with Crippen LogP contribution in [0.25, 0.3) is 69.2 Å². The minimum atomic E-state index is 1.13. The first-order valence-corrected chi connectivity index (χ1v) is 16.8. The van der Waals surface area contributed by atoms with Gasteiger partial charge >= 0.3 is 0 Å². The molecule has 2 heterocycles. The molecule has 0 aliphatic rings. The Bertz CT molecular complexity index is 2810. The molecule has 10 rings (SSSR count). The zero-order chi connectivity index (χ0) is 30.9. The van der Waals surface area contributed by atoms with Crippen molar-refractivity contribution in [2.24, 2.45) is 0 Å². The highest BCUT2D eigenvalue weighted by Gasteiger charge is 2.21. The highest BCUT2D eigenvalue weighted by molar-refractivity contribution is 7.26. The number of benzene rings is 8. The largest absolute Gasteiger partial charge is 0.310 e. The molecule has 2 aromatic heterocycles. The molecule has 0 amide bonds. The van der Waals surface area contributed by atoms with Gasteiger partial charge in [-0.25, -0.2) is 0 Å². The van der Waals surface area contributed by atoms with E-state index in [2.05, 4.69) is 179 Å². The predicted octanol–water partition coefficient (Wildman–Crippen LogP) is 12.9. The van der Waals surface area contributed by atoms with E-state index in [9.17, 15) is 0 Å². The predicted molar refractivity (Wildman–Crippen MR) is 203 cm³/mol. The van der Waals surface area contributed by atoms with Gasteiger partial charge in [0.2, 0.25) is 0 Å². The van der Waals surface area contributed by atoms with Crippen molar-refractivity contribution in [3.8, 4) is 5.69 Å². The number of anilines is 3. The Morgan fingerprint density at radius 3 is 1.91 bits per heavy atom. The van der Waals surface area contributed by atoms with Gasteiger partial charge in [-0.05, 0) is 88.3 Å². The molecule has 0 saturated carbocycles. The van der Waals surface area contributed by atoms with Crippen LogP contribution in [0.1, 0.15) is 0 Å². The molecule has 0 radical (unpaired) electrons. The van der Waals surface area contributed by atoms with Crippen LogP contribution in [0.3, 0.4) is 0 Å². The monoisotopic (exact) mass is 616 g/mol. The maximum absolute atomic E-state index is 2.46. The molecule has 3 heteroatoms. The Morgan fingerprint density at radius 2 is 1.06 bits per heavy atom. The summed E-state index contributed by atoms with van der Waals surface area (Å²) in [6, 6.07) is 62.1. The number of fused-ring (bicyclic) bond motifs is 8. The third kappa shape index (κ3) is 4.10. The normalized spacial score (nSPS) is 11.8. The Balaban J connectivity index is 1.30. The van der Waals surface area contributed by atoms with Crippen LogP contribution in [-0.4, -0.2) is 4.57 Å². The summed E-state index contributed by atoms with van der Waals surface area (Å²) in [6.45, 7) is 0. The van der Waals surface area contributed by atoms with Gasteiger partial charge in [0.05, 0.1) is 16.7 Å². The summed E-state index contributed by atoms with van der Waals surface area (Å²) in [6.07, 6.45) is 0. The van der Waals surface area contributed by atoms with Gasteiger partial charge in [0.1, 0.15) is 0 Å². The zero-order valence-electron chi connectivity index (χ0n) is 25.5. The SMILES string of the molecule is c1ccc(-n2c3ccccc3c3ccc(N(c4ccc5ccccc5c4)c4cccc5sc6cc7ccccc7cc6c45)cc32)cc1. The molecule has 0 unspecified atom stereocenters. The van der Waals surface area contributed by atoms with Crippen LogP contribution in [0.5, 0.6) is 0 Å². The molecule has 0 atom stereocenters. The van der Waals surface area contributed by atoms with Crippen molar-refractivity contribution < 1.29 is 0 Å². The minimum absolute atomic E-state index is 1.13. The van der Waals surface area contributed by atoms with Crippen LogP contribution in [0.2, 0.25) is 0 Å². The maximum atomic E-state index is 2.46. The van der Waals surface area contributed by atoms with Crippen molar-refractivity contribution in [2.75, 3.05) is 4.90 Å². The lowest BCUT2D eigenvalue weighted by Crippen LogP contribution is -2.10. The van der Waals surface area contributed by atoms with Gasteiger partial charge in [0.25, 0.3) is 0 Å². The van der Waals surface area contributed by atoms with E-state index in [-0.39, 0.29) is 0 Å². The third-order valence-electron chi connectivity index (χ3n) is 9.50. The van der Waals surface area contributed by atoms with E-state index < -0.39 is 0 Å². The van der Waals surface area contributed by atoms with Crippen LogP contribution in [0.4, 0.5) is 17.1 Å². The number of rotatable bonds is 4. The lowest BCUT2D eigenvalue weighted by molar-refractivity contribution is 1.18. The van der Waals surface area contributed by atoms with E-state index in [1.165, 1.54) is 69.2 Å². The van der Waals surface area contributed by atoms with E-state index in [0.717, 1.165) is 17.1 Å². The summed E-state index contributed by atoms with van der Waals surface area (Å²) < 4.78 is 5.00. The molecule has 2 nitrogen and oxygen atoms in total. The summed E-state index contributed by atoms with van der Waals surface area (Å²) in [5, 5.41) is 10.1. The number of hydrogen-bond acceptors (Lipinski definition) is 2. The maximum Gasteiger partial charge on any atom is 0.0561 e. The average Bonchev–Trinajstić information content (AvgIpc) is 3.66. The summed E-state index contributed by atoms with van der Waals surface area (Å²) in [5.74, 6) is 0. The second-order valence-corrected chi connectivity index (χ2v) is 13.3. The van der Waals surface area contributed by atoms with Crippen LogP contribution >= 0.6 is 11.3 Å². The number of nitrogens with zero attached hydrogens (tertiary/aromatic N) is 2. The van der Waals surface area contributed by atoms with E-state index in [1.54, 1.807) is 0 Å². The van der Waals surface area contributed by atoms with E-state index in [1.807, 2.05) is 11.3 Å². The summed E-state index contributed by atoms with van der Waals surface area (Å²) in [7, 11) is 0. The van der Waals surface area contributed by atoms with Gasteiger partial charge in [-0.1, -0.05) is 103 Å². The molecular formula is C44H28N2S. The van der Waals surface area contributed by atoms with Crippen LogP contribution in [-0.2, 0) is 0 Å². The van der Waals surface area contributed by atoms with Gasteiger partial charge in [-0.2, -0.15) is 0 Å². The highest BCUT2D eigenvalue weighted by atomic mass is 32.1. The average molecular weight is 617 g/mol. The van der Waals surface area contributed by atoms with Crippen LogP contribution < -0.4 is 4.90 Å². The Labute approximate surface area is 276 Å². The number of hydrogen-bond donors (Lipinski definition) is 0. The van der Waals surface area contributed by atoms with Crippen LogP contribution in [0, 0.1) is 0 Å². The first-order chi connectivity index (χ1) is 23.3. The summed E-state index contributed by atoms with van der Waals surface area (Å²) >= 11 is 1.88. The topological polar surface area (TPSA) is 8.17 Å². The molecule has 0 saturated heterocycles. The minimum Gasteiger partial charge on any atom is -0.310 e. The molecule has 47 heavy (non-hydrogen) atoms. The fourth-order valence-electron chi connectivity index (χ4n) is 7.38.